The zero-order valence-electron chi connectivity index (χ0n) is 12.8. The Morgan fingerprint density at radius 1 is 1.05 bits per heavy atom. The van der Waals surface area contributed by atoms with Crippen LogP contribution in [0, 0.1) is 0 Å². The fraction of sp³-hybridized carbons (Fsp3) is 0.167. The van der Waals surface area contributed by atoms with Crippen molar-refractivity contribution in [3.8, 4) is 0 Å². The number of para-hydroxylation sites is 1. The molecule has 1 N–H and O–H groups in total. The largest absolute Gasteiger partial charge is 0.378 e. The Morgan fingerprint density at radius 3 is 2.50 bits per heavy atom. The number of fused-ring (bicyclic) bond motifs is 1. The molecule has 0 bridgehead atoms. The van der Waals surface area contributed by atoms with Gasteiger partial charge in [0.15, 0.2) is 0 Å². The Labute approximate surface area is 130 Å². The molecular formula is C18H19N3O. The number of hydrogen-bond donors (Lipinski definition) is 1. The number of nitrogens with one attached hydrogen (secondary N) is 1. The lowest BCUT2D eigenvalue weighted by molar-refractivity contribution is -0.116. The van der Waals surface area contributed by atoms with Crippen molar-refractivity contribution >= 4 is 28.2 Å². The van der Waals surface area contributed by atoms with Gasteiger partial charge in [0.1, 0.15) is 6.54 Å². The van der Waals surface area contributed by atoms with Gasteiger partial charge in [-0.2, -0.15) is 0 Å². The number of aromatic nitrogens is 1. The highest BCUT2D eigenvalue weighted by molar-refractivity contribution is 5.92. The van der Waals surface area contributed by atoms with Crippen molar-refractivity contribution < 1.29 is 4.79 Å². The van der Waals surface area contributed by atoms with E-state index in [-0.39, 0.29) is 5.91 Å². The van der Waals surface area contributed by atoms with Crippen molar-refractivity contribution in [2.75, 3.05) is 24.3 Å². The summed E-state index contributed by atoms with van der Waals surface area (Å²) in [6.07, 6.45) is 1.94. The van der Waals surface area contributed by atoms with Crippen LogP contribution in [0.3, 0.4) is 0 Å². The van der Waals surface area contributed by atoms with Crippen LogP contribution in [0.5, 0.6) is 0 Å². The van der Waals surface area contributed by atoms with E-state index in [2.05, 4.69) is 5.32 Å². The van der Waals surface area contributed by atoms with Crippen LogP contribution in [-0.2, 0) is 11.3 Å². The van der Waals surface area contributed by atoms with Gasteiger partial charge in [0.2, 0.25) is 5.91 Å². The van der Waals surface area contributed by atoms with Crippen molar-refractivity contribution in [3.05, 3.63) is 60.8 Å². The average Bonchev–Trinajstić information content (AvgIpc) is 2.91. The van der Waals surface area contributed by atoms with E-state index in [1.54, 1.807) is 0 Å². The molecular weight excluding hydrogens is 274 g/mol. The zero-order valence-corrected chi connectivity index (χ0v) is 12.8. The molecule has 0 aliphatic heterocycles. The molecule has 0 aliphatic rings. The number of anilines is 2. The third-order valence-corrected chi connectivity index (χ3v) is 3.66. The molecule has 3 rings (SSSR count). The lowest BCUT2D eigenvalue weighted by Gasteiger charge is -2.13. The van der Waals surface area contributed by atoms with Gasteiger partial charge in [-0.3, -0.25) is 4.79 Å². The lowest BCUT2D eigenvalue weighted by atomic mass is 10.2. The van der Waals surface area contributed by atoms with Crippen molar-refractivity contribution in [2.45, 2.75) is 6.54 Å². The van der Waals surface area contributed by atoms with Gasteiger partial charge in [0, 0.05) is 37.2 Å². The van der Waals surface area contributed by atoms with E-state index in [9.17, 15) is 4.79 Å². The number of nitrogens with zero attached hydrogens (tertiary/aromatic N) is 2. The average molecular weight is 293 g/mol. The fourth-order valence-corrected chi connectivity index (χ4v) is 2.48. The van der Waals surface area contributed by atoms with Gasteiger partial charge < -0.3 is 14.8 Å². The molecule has 1 aromatic heterocycles. The number of amides is 1. The summed E-state index contributed by atoms with van der Waals surface area (Å²) in [7, 11) is 3.98. The zero-order chi connectivity index (χ0) is 15.5. The van der Waals surface area contributed by atoms with Crippen LogP contribution >= 0.6 is 0 Å². The van der Waals surface area contributed by atoms with Gasteiger partial charge in [0.05, 0.1) is 0 Å². The fourth-order valence-electron chi connectivity index (χ4n) is 2.48. The van der Waals surface area contributed by atoms with E-state index in [4.69, 9.17) is 0 Å². The molecule has 4 heteroatoms. The second-order valence-corrected chi connectivity index (χ2v) is 5.49. The monoisotopic (exact) mass is 293 g/mol. The predicted octanol–water partition coefficient (Wildman–Crippen LogP) is 3.35. The highest BCUT2D eigenvalue weighted by atomic mass is 16.1. The minimum Gasteiger partial charge on any atom is -0.378 e. The molecule has 0 saturated carbocycles. The molecule has 0 atom stereocenters. The first-order valence-corrected chi connectivity index (χ1v) is 7.24. The Morgan fingerprint density at radius 2 is 1.77 bits per heavy atom. The van der Waals surface area contributed by atoms with Crippen LogP contribution in [0.2, 0.25) is 0 Å². The molecule has 2 aromatic carbocycles. The first-order valence-electron chi connectivity index (χ1n) is 7.24. The number of carbonyl (C=O) groups is 1. The molecule has 0 radical (unpaired) electrons. The van der Waals surface area contributed by atoms with Crippen molar-refractivity contribution in [1.82, 2.24) is 4.57 Å². The maximum atomic E-state index is 12.2. The van der Waals surface area contributed by atoms with Crippen LogP contribution in [0.15, 0.2) is 60.8 Å². The van der Waals surface area contributed by atoms with E-state index >= 15 is 0 Å². The number of carbonyl (C=O) groups excluding carboxylic acids is 1. The molecule has 0 aliphatic carbocycles. The summed E-state index contributed by atoms with van der Waals surface area (Å²) in [4.78, 5) is 14.2. The molecule has 3 aromatic rings. The Hall–Kier alpha value is -2.75. The quantitative estimate of drug-likeness (QED) is 0.801. The van der Waals surface area contributed by atoms with Gasteiger partial charge in [0.25, 0.3) is 0 Å². The highest BCUT2D eigenvalue weighted by Gasteiger charge is 2.06. The first kappa shape index (κ1) is 14.2. The Bertz CT molecular complexity index is 787. The van der Waals surface area contributed by atoms with E-state index < -0.39 is 0 Å². The summed E-state index contributed by atoms with van der Waals surface area (Å²) >= 11 is 0. The maximum absolute atomic E-state index is 12.2. The Balaban J connectivity index is 1.69. The summed E-state index contributed by atoms with van der Waals surface area (Å²) in [5.74, 6) is -0.0287. The van der Waals surface area contributed by atoms with Crippen LogP contribution in [0.1, 0.15) is 0 Å². The predicted molar refractivity (Wildman–Crippen MR) is 91.3 cm³/mol. The third-order valence-electron chi connectivity index (χ3n) is 3.66. The normalized spacial score (nSPS) is 10.6. The molecule has 0 spiro atoms. The molecule has 1 amide bonds. The maximum Gasteiger partial charge on any atom is 0.244 e. The number of hydrogen-bond acceptors (Lipinski definition) is 2. The molecule has 112 valence electrons. The molecule has 0 unspecified atom stereocenters. The van der Waals surface area contributed by atoms with Crippen LogP contribution in [-0.4, -0.2) is 24.6 Å². The summed E-state index contributed by atoms with van der Waals surface area (Å²) in [5, 5.41) is 4.08. The molecule has 1 heterocycles. The van der Waals surface area contributed by atoms with E-state index in [0.717, 1.165) is 22.3 Å². The smallest absolute Gasteiger partial charge is 0.244 e. The van der Waals surface area contributed by atoms with Crippen LogP contribution in [0.4, 0.5) is 11.4 Å². The second kappa shape index (κ2) is 5.93. The van der Waals surface area contributed by atoms with Crippen molar-refractivity contribution in [2.24, 2.45) is 0 Å². The van der Waals surface area contributed by atoms with E-state index in [1.165, 1.54) is 0 Å². The highest BCUT2D eigenvalue weighted by Crippen LogP contribution is 2.17. The SMILES string of the molecule is CN(C)c1ccc(NC(=O)Cn2ccc3ccccc32)cc1. The van der Waals surface area contributed by atoms with Gasteiger partial charge in [-0.1, -0.05) is 18.2 Å². The summed E-state index contributed by atoms with van der Waals surface area (Å²) in [6.45, 7) is 0.308. The molecule has 0 saturated heterocycles. The molecule has 4 nitrogen and oxygen atoms in total. The summed E-state index contributed by atoms with van der Waals surface area (Å²) in [5.41, 5.74) is 2.99. The molecule has 0 fully saturated rings. The van der Waals surface area contributed by atoms with Crippen LogP contribution in [0.25, 0.3) is 10.9 Å². The summed E-state index contributed by atoms with van der Waals surface area (Å²) in [6, 6.07) is 17.9. The third kappa shape index (κ3) is 2.96. The Kier molecular flexibility index (Phi) is 3.83. The lowest BCUT2D eigenvalue weighted by Crippen LogP contribution is -2.18. The summed E-state index contributed by atoms with van der Waals surface area (Å²) < 4.78 is 1.96. The first-order chi connectivity index (χ1) is 10.6. The molecule has 22 heavy (non-hydrogen) atoms. The number of benzene rings is 2. The van der Waals surface area contributed by atoms with Gasteiger partial charge >= 0.3 is 0 Å². The number of rotatable bonds is 4. The second-order valence-electron chi connectivity index (χ2n) is 5.49. The minimum absolute atomic E-state index is 0.0287. The standard InChI is InChI=1S/C18H19N3O/c1-20(2)16-9-7-15(8-10-16)19-18(22)13-21-12-11-14-5-3-4-6-17(14)21/h3-12H,13H2,1-2H3,(H,19,22). The van der Waals surface area contributed by atoms with Crippen molar-refractivity contribution in [3.63, 3.8) is 0 Å². The van der Waals surface area contributed by atoms with Gasteiger partial charge in [-0.05, 0) is 41.8 Å². The minimum atomic E-state index is -0.0287. The van der Waals surface area contributed by atoms with Crippen molar-refractivity contribution in [1.29, 1.82) is 0 Å². The van der Waals surface area contributed by atoms with E-state index in [1.807, 2.05) is 84.4 Å². The van der Waals surface area contributed by atoms with Gasteiger partial charge in [-0.25, -0.2) is 0 Å². The van der Waals surface area contributed by atoms with E-state index in [0.29, 0.717) is 6.54 Å². The van der Waals surface area contributed by atoms with Gasteiger partial charge in [-0.15, -0.1) is 0 Å². The topological polar surface area (TPSA) is 37.3 Å². The van der Waals surface area contributed by atoms with Crippen LogP contribution < -0.4 is 10.2 Å².